The summed E-state index contributed by atoms with van der Waals surface area (Å²) in [4.78, 5) is 13.8. The smallest absolute Gasteiger partial charge is 0.230 e. The topological polar surface area (TPSA) is 29.1 Å². The predicted octanol–water partition coefficient (Wildman–Crippen LogP) is 5.69. The molecule has 0 aromatic heterocycles. The molecule has 1 fully saturated rings. The quantitative estimate of drug-likeness (QED) is 0.648. The Morgan fingerprint density at radius 3 is 2.55 bits per heavy atom. The van der Waals surface area contributed by atoms with Crippen LogP contribution in [0.2, 0.25) is 0 Å². The van der Waals surface area contributed by atoms with Crippen LogP contribution in [0.1, 0.15) is 65.2 Å². The maximum atomic E-state index is 13.0. The molecule has 1 aromatic rings. The zero-order chi connectivity index (χ0) is 16.0. The van der Waals surface area contributed by atoms with Gasteiger partial charge in [0.1, 0.15) is 0 Å². The van der Waals surface area contributed by atoms with Gasteiger partial charge in [0, 0.05) is 10.3 Å². The monoisotopic (exact) mass is 319 g/mol. The zero-order valence-electron chi connectivity index (χ0n) is 13.9. The first-order chi connectivity index (χ1) is 10.5. The molecule has 0 radical (unpaired) electrons. The Bertz CT molecular complexity index is 492. The number of rotatable bonds is 6. The van der Waals surface area contributed by atoms with Crippen molar-refractivity contribution >= 4 is 24.2 Å². The highest BCUT2D eigenvalue weighted by Gasteiger charge is 2.38. The predicted molar refractivity (Wildman–Crippen MR) is 96.5 cm³/mol. The molecule has 0 heterocycles. The van der Waals surface area contributed by atoms with Crippen LogP contribution in [0.25, 0.3) is 0 Å². The molecule has 0 aliphatic heterocycles. The van der Waals surface area contributed by atoms with E-state index in [1.165, 1.54) is 25.7 Å². The van der Waals surface area contributed by atoms with E-state index in [-0.39, 0.29) is 11.3 Å². The second-order valence-electron chi connectivity index (χ2n) is 7.10. The van der Waals surface area contributed by atoms with Crippen molar-refractivity contribution in [3.05, 3.63) is 24.3 Å². The second-order valence-corrected chi connectivity index (χ2v) is 7.58. The number of hydrogen-bond acceptors (Lipinski definition) is 2. The van der Waals surface area contributed by atoms with Crippen LogP contribution in [0.15, 0.2) is 29.2 Å². The summed E-state index contributed by atoms with van der Waals surface area (Å²) in [5.41, 5.74) is 0.674. The lowest BCUT2D eigenvalue weighted by Gasteiger charge is -2.36. The number of carbonyl (C=O) groups excluding carboxylic acids is 1. The van der Waals surface area contributed by atoms with E-state index < -0.39 is 0 Å². The van der Waals surface area contributed by atoms with Crippen LogP contribution in [-0.2, 0) is 4.79 Å². The highest BCUT2D eigenvalue weighted by atomic mass is 32.1. The van der Waals surface area contributed by atoms with Gasteiger partial charge in [0.2, 0.25) is 5.91 Å². The van der Waals surface area contributed by atoms with Gasteiger partial charge < -0.3 is 5.32 Å². The Balaban J connectivity index is 2.07. The van der Waals surface area contributed by atoms with E-state index >= 15 is 0 Å². The molecule has 122 valence electrons. The van der Waals surface area contributed by atoms with Crippen LogP contribution in [0.3, 0.4) is 0 Å². The van der Waals surface area contributed by atoms with E-state index in [9.17, 15) is 4.79 Å². The number of para-hydroxylation sites is 1. The standard InChI is InChI=1S/C19H29NOS/c1-15(2)9-8-14-19(12-6-3-7-13-19)18(21)20-16-10-4-5-11-17(16)22/h4-5,10-11,15,22H,3,6-9,12-14H2,1-2H3,(H,20,21). The van der Waals surface area contributed by atoms with Gasteiger partial charge in [0.05, 0.1) is 5.69 Å². The average Bonchev–Trinajstić information content (AvgIpc) is 2.50. The molecule has 3 heteroatoms. The molecule has 0 unspecified atom stereocenters. The number of amides is 1. The molecule has 2 rings (SSSR count). The van der Waals surface area contributed by atoms with Gasteiger partial charge in [-0.1, -0.05) is 58.1 Å². The third-order valence-electron chi connectivity index (χ3n) is 4.88. The summed E-state index contributed by atoms with van der Waals surface area (Å²) >= 11 is 4.45. The number of anilines is 1. The van der Waals surface area contributed by atoms with E-state index in [1.54, 1.807) is 0 Å². The fourth-order valence-electron chi connectivity index (χ4n) is 3.50. The number of benzene rings is 1. The lowest BCUT2D eigenvalue weighted by Crippen LogP contribution is -2.38. The average molecular weight is 320 g/mol. The number of thiol groups is 1. The third-order valence-corrected chi connectivity index (χ3v) is 5.27. The molecule has 0 spiro atoms. The SMILES string of the molecule is CC(C)CCCC1(C(=O)Nc2ccccc2S)CCCCC1. The molecule has 1 aliphatic rings. The van der Waals surface area contributed by atoms with Gasteiger partial charge in [-0.15, -0.1) is 12.6 Å². The molecule has 0 atom stereocenters. The maximum absolute atomic E-state index is 13.0. The molecule has 0 bridgehead atoms. The lowest BCUT2D eigenvalue weighted by atomic mass is 9.70. The first-order valence-electron chi connectivity index (χ1n) is 8.63. The van der Waals surface area contributed by atoms with Crippen molar-refractivity contribution in [2.45, 2.75) is 70.1 Å². The summed E-state index contributed by atoms with van der Waals surface area (Å²) in [5.74, 6) is 0.916. The fraction of sp³-hybridized carbons (Fsp3) is 0.632. The van der Waals surface area contributed by atoms with Crippen molar-refractivity contribution in [2.24, 2.45) is 11.3 Å². The maximum Gasteiger partial charge on any atom is 0.230 e. The summed E-state index contributed by atoms with van der Waals surface area (Å²) < 4.78 is 0. The van der Waals surface area contributed by atoms with Gasteiger partial charge in [-0.3, -0.25) is 4.79 Å². The first-order valence-corrected chi connectivity index (χ1v) is 9.08. The molecule has 1 saturated carbocycles. The van der Waals surface area contributed by atoms with Crippen molar-refractivity contribution < 1.29 is 4.79 Å². The minimum absolute atomic E-state index is 0.163. The zero-order valence-corrected chi connectivity index (χ0v) is 14.8. The summed E-state index contributed by atoms with van der Waals surface area (Å²) in [6, 6.07) is 7.74. The van der Waals surface area contributed by atoms with E-state index in [4.69, 9.17) is 0 Å². The Morgan fingerprint density at radius 2 is 1.91 bits per heavy atom. The van der Waals surface area contributed by atoms with E-state index in [1.807, 2.05) is 24.3 Å². The van der Waals surface area contributed by atoms with Crippen LogP contribution in [0.5, 0.6) is 0 Å². The van der Waals surface area contributed by atoms with Crippen molar-refractivity contribution in [3.8, 4) is 0 Å². The molecule has 1 aliphatic carbocycles. The minimum atomic E-state index is -0.163. The van der Waals surface area contributed by atoms with Crippen molar-refractivity contribution in [2.75, 3.05) is 5.32 Å². The van der Waals surface area contributed by atoms with Crippen molar-refractivity contribution in [1.29, 1.82) is 0 Å². The van der Waals surface area contributed by atoms with Crippen molar-refractivity contribution in [3.63, 3.8) is 0 Å². The lowest BCUT2D eigenvalue weighted by molar-refractivity contribution is -0.128. The van der Waals surface area contributed by atoms with Crippen LogP contribution in [0.4, 0.5) is 5.69 Å². The molecular formula is C19H29NOS. The largest absolute Gasteiger partial charge is 0.325 e. The normalized spacial score (nSPS) is 17.5. The van der Waals surface area contributed by atoms with Crippen LogP contribution >= 0.6 is 12.6 Å². The molecule has 0 saturated heterocycles. The van der Waals surface area contributed by atoms with E-state index in [0.717, 1.165) is 36.3 Å². The van der Waals surface area contributed by atoms with Gasteiger partial charge in [-0.2, -0.15) is 0 Å². The Kier molecular flexibility index (Phi) is 6.37. The highest BCUT2D eigenvalue weighted by molar-refractivity contribution is 7.80. The van der Waals surface area contributed by atoms with Gasteiger partial charge in [-0.25, -0.2) is 0 Å². The Morgan fingerprint density at radius 1 is 1.23 bits per heavy atom. The number of carbonyl (C=O) groups is 1. The highest BCUT2D eigenvalue weighted by Crippen LogP contribution is 2.42. The second kappa shape index (κ2) is 8.05. The fourth-order valence-corrected chi connectivity index (χ4v) is 3.72. The Labute approximate surface area is 140 Å². The molecule has 2 nitrogen and oxygen atoms in total. The molecule has 1 amide bonds. The number of nitrogens with one attached hydrogen (secondary N) is 1. The summed E-state index contributed by atoms with van der Waals surface area (Å²) in [6.07, 6.45) is 9.06. The molecular weight excluding hydrogens is 290 g/mol. The van der Waals surface area contributed by atoms with E-state index in [2.05, 4.69) is 31.8 Å². The Hall–Kier alpha value is -0.960. The van der Waals surface area contributed by atoms with Gasteiger partial charge >= 0.3 is 0 Å². The molecule has 1 aromatic carbocycles. The van der Waals surface area contributed by atoms with Crippen LogP contribution in [0, 0.1) is 11.3 Å². The summed E-state index contributed by atoms with van der Waals surface area (Å²) in [6.45, 7) is 4.51. The number of hydrogen-bond donors (Lipinski definition) is 2. The van der Waals surface area contributed by atoms with Gasteiger partial charge in [0.25, 0.3) is 0 Å². The minimum Gasteiger partial charge on any atom is -0.325 e. The molecule has 1 N–H and O–H groups in total. The van der Waals surface area contributed by atoms with Crippen molar-refractivity contribution in [1.82, 2.24) is 0 Å². The van der Waals surface area contributed by atoms with Gasteiger partial charge in [0.15, 0.2) is 0 Å². The van der Waals surface area contributed by atoms with Gasteiger partial charge in [-0.05, 0) is 37.3 Å². The summed E-state index contributed by atoms with van der Waals surface area (Å²) in [5, 5.41) is 3.14. The van der Waals surface area contributed by atoms with Crippen LogP contribution in [-0.4, -0.2) is 5.91 Å². The molecule has 22 heavy (non-hydrogen) atoms. The first kappa shape index (κ1) is 17.4. The van der Waals surface area contributed by atoms with Crippen LogP contribution < -0.4 is 5.32 Å². The third kappa shape index (κ3) is 4.52. The summed E-state index contributed by atoms with van der Waals surface area (Å²) in [7, 11) is 0. The van der Waals surface area contributed by atoms with E-state index in [0.29, 0.717) is 5.92 Å².